The Morgan fingerprint density at radius 3 is 2.55 bits per heavy atom. The van der Waals surface area contributed by atoms with E-state index >= 15 is 0 Å². The summed E-state index contributed by atoms with van der Waals surface area (Å²) in [7, 11) is 7.26. The van der Waals surface area contributed by atoms with Crippen LogP contribution in [-0.2, 0) is 0 Å². The van der Waals surface area contributed by atoms with Crippen molar-refractivity contribution in [2.75, 3.05) is 51.6 Å². The second-order valence-electron chi connectivity index (χ2n) is 9.60. The monoisotopic (exact) mass is 519 g/mol. The number of imidazole rings is 1. The number of benzene rings is 1. The van der Waals surface area contributed by atoms with Gasteiger partial charge in [-0.15, -0.1) is 0 Å². The van der Waals surface area contributed by atoms with E-state index in [1.165, 1.54) is 13.2 Å². The van der Waals surface area contributed by atoms with Gasteiger partial charge in [-0.3, -0.25) is 10.1 Å². The van der Waals surface area contributed by atoms with Crippen molar-refractivity contribution in [2.24, 2.45) is 0 Å². The van der Waals surface area contributed by atoms with E-state index in [1.807, 2.05) is 43.9 Å². The molecule has 0 saturated heterocycles. The summed E-state index contributed by atoms with van der Waals surface area (Å²) in [6.45, 7) is 7.53. The quantitative estimate of drug-likeness (QED) is 0.237. The van der Waals surface area contributed by atoms with Gasteiger partial charge < -0.3 is 24.4 Å². The number of hydrogen-bond donors (Lipinski definition) is 1. The molecule has 12 heteroatoms. The Kier molecular flexibility index (Phi) is 7.72. The van der Waals surface area contributed by atoms with Gasteiger partial charge in [0.05, 0.1) is 28.9 Å². The number of hydrogen-bond acceptors (Lipinski definition) is 10. The third-order valence-electron chi connectivity index (χ3n) is 6.22. The lowest BCUT2D eigenvalue weighted by molar-refractivity contribution is -0.384. The Labute approximate surface area is 221 Å². The highest BCUT2D eigenvalue weighted by Crippen LogP contribution is 2.39. The van der Waals surface area contributed by atoms with Crippen LogP contribution in [0.1, 0.15) is 25.7 Å². The van der Waals surface area contributed by atoms with Gasteiger partial charge >= 0.3 is 0 Å². The molecule has 200 valence electrons. The van der Waals surface area contributed by atoms with Crippen LogP contribution in [-0.4, -0.2) is 75.7 Å². The zero-order chi connectivity index (χ0) is 27.6. The molecule has 0 aliphatic carbocycles. The van der Waals surface area contributed by atoms with Gasteiger partial charge in [0.25, 0.3) is 5.69 Å². The molecule has 4 rings (SSSR count). The van der Waals surface area contributed by atoms with Crippen LogP contribution in [0.5, 0.6) is 5.75 Å². The molecule has 3 heterocycles. The van der Waals surface area contributed by atoms with E-state index in [1.54, 1.807) is 24.5 Å². The number of aryl methyl sites for hydroxylation is 1. The van der Waals surface area contributed by atoms with Crippen LogP contribution in [0.3, 0.4) is 0 Å². The molecular formula is C26H33N9O3. The van der Waals surface area contributed by atoms with Crippen molar-refractivity contribution >= 4 is 34.2 Å². The van der Waals surface area contributed by atoms with Gasteiger partial charge in [-0.1, -0.05) is 0 Å². The van der Waals surface area contributed by atoms with Gasteiger partial charge in [0.1, 0.15) is 17.3 Å². The van der Waals surface area contributed by atoms with E-state index in [2.05, 4.69) is 43.7 Å². The van der Waals surface area contributed by atoms with Crippen molar-refractivity contribution in [3.05, 3.63) is 52.6 Å². The Bertz CT molecular complexity index is 1470. The van der Waals surface area contributed by atoms with Crippen LogP contribution in [0, 0.1) is 17.0 Å². The van der Waals surface area contributed by atoms with E-state index in [-0.39, 0.29) is 17.7 Å². The smallest absolute Gasteiger partial charge is 0.294 e. The normalized spacial score (nSPS) is 11.4. The van der Waals surface area contributed by atoms with Crippen LogP contribution in [0.4, 0.5) is 23.0 Å². The fraction of sp³-hybridized carbons (Fsp3) is 0.385. The summed E-state index contributed by atoms with van der Waals surface area (Å²) in [5.41, 5.74) is 3.88. The Hall–Kier alpha value is -4.32. The molecular weight excluding hydrogens is 486 g/mol. The molecule has 0 atom stereocenters. The number of likely N-dealkylation sites (N-methyl/N-ethyl adjacent to an activating group) is 2. The lowest BCUT2D eigenvalue weighted by Gasteiger charge is -2.22. The fourth-order valence-electron chi connectivity index (χ4n) is 4.33. The van der Waals surface area contributed by atoms with Gasteiger partial charge in [0, 0.05) is 56.3 Å². The van der Waals surface area contributed by atoms with E-state index < -0.39 is 4.92 Å². The largest absolute Gasteiger partial charge is 0.494 e. The summed E-state index contributed by atoms with van der Waals surface area (Å²) in [5, 5.41) is 15.0. The number of nitro groups is 1. The number of nitrogens with one attached hydrogen (secondary N) is 1. The zero-order valence-electron chi connectivity index (χ0n) is 22.8. The number of fused-ring (bicyclic) bond motifs is 1. The molecule has 4 aromatic rings. The molecule has 3 aromatic heterocycles. The van der Waals surface area contributed by atoms with Crippen molar-refractivity contribution in [1.29, 1.82) is 0 Å². The number of nitro benzene ring substituents is 1. The van der Waals surface area contributed by atoms with E-state index in [9.17, 15) is 10.1 Å². The molecule has 0 aliphatic heterocycles. The second kappa shape index (κ2) is 11.0. The predicted octanol–water partition coefficient (Wildman–Crippen LogP) is 4.44. The molecule has 12 nitrogen and oxygen atoms in total. The average Bonchev–Trinajstić information content (AvgIpc) is 3.22. The lowest BCUT2D eigenvalue weighted by Crippen LogP contribution is -2.28. The molecule has 0 amide bonds. The van der Waals surface area contributed by atoms with Gasteiger partial charge in [-0.2, -0.15) is 0 Å². The van der Waals surface area contributed by atoms with Crippen molar-refractivity contribution in [3.8, 4) is 17.0 Å². The summed E-state index contributed by atoms with van der Waals surface area (Å²) in [6.07, 6.45) is 3.36. The molecule has 1 aromatic carbocycles. The van der Waals surface area contributed by atoms with Crippen molar-refractivity contribution in [3.63, 3.8) is 0 Å². The minimum Gasteiger partial charge on any atom is -0.494 e. The molecule has 0 spiro atoms. The lowest BCUT2D eigenvalue weighted by atomic mass is 10.2. The number of aromatic nitrogens is 5. The van der Waals surface area contributed by atoms with Crippen LogP contribution in [0.15, 0.2) is 36.7 Å². The zero-order valence-corrected chi connectivity index (χ0v) is 22.8. The topological polar surface area (TPSA) is 127 Å². The summed E-state index contributed by atoms with van der Waals surface area (Å²) < 4.78 is 7.70. The highest BCUT2D eigenvalue weighted by atomic mass is 16.6. The summed E-state index contributed by atoms with van der Waals surface area (Å²) >= 11 is 0. The highest BCUT2D eigenvalue weighted by Gasteiger charge is 2.22. The first kappa shape index (κ1) is 26.7. The standard InChI is InChI=1S/C26H33N9O3/c1-16(2)34-17(3)29-25-23(34)12-18(15-28-25)19-8-9-27-26(30-19)31-20-13-22(35(36)37)21(14-24(20)38-7)33(6)11-10-32(4)5/h8-9,12-16H,10-11H2,1-7H3,(H,27,30,31). The van der Waals surface area contributed by atoms with Crippen molar-refractivity contribution in [2.45, 2.75) is 26.8 Å². The minimum atomic E-state index is -0.399. The molecule has 0 unspecified atom stereocenters. The Balaban J connectivity index is 1.69. The Morgan fingerprint density at radius 2 is 1.89 bits per heavy atom. The Morgan fingerprint density at radius 1 is 1.13 bits per heavy atom. The SMILES string of the molecule is COc1cc(N(C)CCN(C)C)c([N+](=O)[O-])cc1Nc1nccc(-c2cnc3nc(C)n(C(C)C)c3c2)n1. The average molecular weight is 520 g/mol. The third-order valence-corrected chi connectivity index (χ3v) is 6.22. The molecule has 0 aliphatic rings. The fourth-order valence-corrected chi connectivity index (χ4v) is 4.33. The number of pyridine rings is 1. The number of methoxy groups -OCH3 is 1. The van der Waals surface area contributed by atoms with E-state index in [0.29, 0.717) is 35.0 Å². The minimum absolute atomic E-state index is 0.0438. The molecule has 1 N–H and O–H groups in total. The number of anilines is 3. The summed E-state index contributed by atoms with van der Waals surface area (Å²) in [6, 6.07) is 7.15. The van der Waals surface area contributed by atoms with Gasteiger partial charge in [-0.05, 0) is 47.0 Å². The van der Waals surface area contributed by atoms with E-state index in [0.717, 1.165) is 23.4 Å². The molecule has 0 bridgehead atoms. The first-order chi connectivity index (χ1) is 18.1. The van der Waals surface area contributed by atoms with Gasteiger partial charge in [0.2, 0.25) is 5.95 Å². The first-order valence-corrected chi connectivity index (χ1v) is 12.3. The highest BCUT2D eigenvalue weighted by molar-refractivity contribution is 5.79. The maximum atomic E-state index is 11.9. The molecule has 0 saturated carbocycles. The van der Waals surface area contributed by atoms with Crippen LogP contribution in [0.2, 0.25) is 0 Å². The number of nitrogens with zero attached hydrogens (tertiary/aromatic N) is 8. The van der Waals surface area contributed by atoms with Crippen molar-refractivity contribution < 1.29 is 9.66 Å². The molecule has 38 heavy (non-hydrogen) atoms. The van der Waals surface area contributed by atoms with E-state index in [4.69, 9.17) is 4.74 Å². The van der Waals surface area contributed by atoms with Crippen LogP contribution in [0.25, 0.3) is 22.4 Å². The maximum absolute atomic E-state index is 11.9. The third kappa shape index (κ3) is 5.49. The van der Waals surface area contributed by atoms with Crippen molar-refractivity contribution in [1.82, 2.24) is 29.4 Å². The molecule has 0 radical (unpaired) electrons. The number of ether oxygens (including phenoxy) is 1. The van der Waals surface area contributed by atoms with Crippen LogP contribution >= 0.6 is 0 Å². The van der Waals surface area contributed by atoms with Crippen LogP contribution < -0.4 is 15.0 Å². The second-order valence-corrected chi connectivity index (χ2v) is 9.60. The predicted molar refractivity (Wildman–Crippen MR) is 148 cm³/mol. The first-order valence-electron chi connectivity index (χ1n) is 12.3. The summed E-state index contributed by atoms with van der Waals surface area (Å²) in [4.78, 5) is 33.5. The number of rotatable bonds is 10. The van der Waals surface area contributed by atoms with Gasteiger partial charge in [0.15, 0.2) is 5.65 Å². The van der Waals surface area contributed by atoms with Gasteiger partial charge in [-0.25, -0.2) is 19.9 Å². The molecule has 0 fully saturated rings. The summed E-state index contributed by atoms with van der Waals surface area (Å²) in [5.74, 6) is 1.61. The maximum Gasteiger partial charge on any atom is 0.294 e.